The Hall–Kier alpha value is -4.25. The van der Waals surface area contributed by atoms with E-state index in [9.17, 15) is 10.1 Å². The molecule has 0 unspecified atom stereocenters. The van der Waals surface area contributed by atoms with Crippen LogP contribution in [0.2, 0.25) is 0 Å². The molecule has 1 aromatic carbocycles. The van der Waals surface area contributed by atoms with Crippen LogP contribution in [-0.2, 0) is 20.0 Å². The summed E-state index contributed by atoms with van der Waals surface area (Å²) in [6, 6.07) is 12.1. The Morgan fingerprint density at radius 1 is 1.08 bits per heavy atom. The van der Waals surface area contributed by atoms with Crippen LogP contribution in [0.15, 0.2) is 53.7 Å². The van der Waals surface area contributed by atoms with Crippen LogP contribution in [0.3, 0.4) is 0 Å². The predicted molar refractivity (Wildman–Crippen MR) is 137 cm³/mol. The molecule has 7 rings (SSSR count). The van der Waals surface area contributed by atoms with Crippen molar-refractivity contribution in [2.75, 3.05) is 0 Å². The minimum absolute atomic E-state index is 0.189. The van der Waals surface area contributed by atoms with Gasteiger partial charge in [-0.1, -0.05) is 6.07 Å². The molecule has 2 aliphatic carbocycles. The monoisotopic (exact) mass is 475 g/mol. The van der Waals surface area contributed by atoms with Crippen molar-refractivity contribution in [2.24, 2.45) is 13.0 Å². The van der Waals surface area contributed by atoms with Gasteiger partial charge >= 0.3 is 0 Å². The summed E-state index contributed by atoms with van der Waals surface area (Å²) in [5, 5.41) is 19.8. The van der Waals surface area contributed by atoms with Crippen molar-refractivity contribution in [3.63, 3.8) is 0 Å². The second-order valence-electron chi connectivity index (χ2n) is 10.2. The molecule has 4 heterocycles. The van der Waals surface area contributed by atoms with Crippen molar-refractivity contribution in [3.05, 3.63) is 70.5 Å². The summed E-state index contributed by atoms with van der Waals surface area (Å²) in [4.78, 5) is 18.9. The van der Waals surface area contributed by atoms with Crippen LogP contribution in [-0.4, -0.2) is 29.1 Å². The molecule has 178 valence electrons. The van der Waals surface area contributed by atoms with Gasteiger partial charge in [-0.2, -0.15) is 20.1 Å². The molecular formula is C28H25N7O. The second-order valence-corrected chi connectivity index (χ2v) is 10.2. The van der Waals surface area contributed by atoms with Gasteiger partial charge < -0.3 is 4.57 Å². The number of nitrogens with zero attached hydrogens (tertiary/aromatic N) is 7. The van der Waals surface area contributed by atoms with Gasteiger partial charge in [0.15, 0.2) is 0 Å². The molecule has 4 aromatic heterocycles. The first-order valence-corrected chi connectivity index (χ1v) is 12.5. The van der Waals surface area contributed by atoms with Crippen molar-refractivity contribution in [3.8, 4) is 22.9 Å². The Bertz CT molecular complexity index is 1740. The number of hydrogen-bond acceptors (Lipinski definition) is 5. The molecular weight excluding hydrogens is 450 g/mol. The van der Waals surface area contributed by atoms with Gasteiger partial charge in [-0.25, -0.2) is 0 Å². The molecule has 0 bridgehead atoms. The fraction of sp³-hybridized carbons (Fsp3) is 0.321. The molecule has 0 amide bonds. The second kappa shape index (κ2) is 7.89. The highest BCUT2D eigenvalue weighted by Gasteiger charge is 2.28. The van der Waals surface area contributed by atoms with Crippen LogP contribution in [0.25, 0.3) is 38.8 Å². The maximum Gasteiger partial charge on any atom is 0.281 e. The van der Waals surface area contributed by atoms with E-state index in [-0.39, 0.29) is 12.0 Å². The zero-order valence-corrected chi connectivity index (χ0v) is 20.1. The van der Waals surface area contributed by atoms with E-state index >= 15 is 0 Å². The maximum atomic E-state index is 14.2. The fourth-order valence-corrected chi connectivity index (χ4v) is 5.14. The highest BCUT2D eigenvalue weighted by atomic mass is 16.1. The minimum atomic E-state index is -0.189. The summed E-state index contributed by atoms with van der Waals surface area (Å²) in [5.41, 5.74) is 6.14. The normalized spacial score (nSPS) is 15.6. The Kier molecular flexibility index (Phi) is 4.61. The van der Waals surface area contributed by atoms with Crippen LogP contribution in [0.5, 0.6) is 0 Å². The fourth-order valence-electron chi connectivity index (χ4n) is 5.14. The third kappa shape index (κ3) is 3.51. The molecule has 0 atom stereocenters. The van der Waals surface area contributed by atoms with E-state index in [4.69, 9.17) is 10.1 Å². The number of pyridine rings is 1. The lowest BCUT2D eigenvalue weighted by molar-refractivity contribution is 0.645. The van der Waals surface area contributed by atoms with E-state index in [1.807, 2.05) is 49.9 Å². The number of benzene rings is 1. The van der Waals surface area contributed by atoms with Gasteiger partial charge in [0.25, 0.3) is 5.56 Å². The number of aryl methyl sites for hydroxylation is 1. The molecule has 0 aliphatic heterocycles. The smallest absolute Gasteiger partial charge is 0.281 e. The highest BCUT2D eigenvalue weighted by molar-refractivity contribution is 5.94. The van der Waals surface area contributed by atoms with E-state index in [0.717, 1.165) is 39.8 Å². The average Bonchev–Trinajstić information content (AvgIpc) is 3.80. The Balaban J connectivity index is 1.50. The van der Waals surface area contributed by atoms with Gasteiger partial charge in [-0.15, -0.1) is 0 Å². The van der Waals surface area contributed by atoms with Gasteiger partial charge in [-0.3, -0.25) is 14.5 Å². The van der Waals surface area contributed by atoms with Crippen LogP contribution >= 0.6 is 0 Å². The van der Waals surface area contributed by atoms with E-state index in [1.54, 1.807) is 4.68 Å². The largest absolute Gasteiger partial charge is 0.345 e. The number of rotatable bonds is 6. The Labute approximate surface area is 207 Å². The number of nitriles is 1. The van der Waals surface area contributed by atoms with E-state index < -0.39 is 0 Å². The standard InChI is InChI=1S/C28H25N7O/c1-33-15-21-12-22(7-9-24(21)31-33)35-28(36)25(19-6-8-23(30-13-19)18-4-5-18)27-26(32-35)20(10-11-29)16-34(27)14-17-2-3-17/h6-9,12-13,15-18H,2-5,10,14H2,1H3. The molecule has 2 saturated carbocycles. The van der Waals surface area contributed by atoms with Gasteiger partial charge in [0.1, 0.15) is 5.52 Å². The minimum Gasteiger partial charge on any atom is -0.345 e. The van der Waals surface area contributed by atoms with Gasteiger partial charge in [0.2, 0.25) is 0 Å². The molecule has 0 radical (unpaired) electrons. The SMILES string of the molecule is Cn1cc2cc(-n3nc4c(CC#N)cn(CC5CC5)c4c(-c4ccc(C5CC5)nc4)c3=O)ccc2n1. The molecule has 36 heavy (non-hydrogen) atoms. The molecule has 0 saturated heterocycles. The van der Waals surface area contributed by atoms with Crippen molar-refractivity contribution in [2.45, 2.75) is 44.6 Å². The summed E-state index contributed by atoms with van der Waals surface area (Å²) < 4.78 is 5.38. The summed E-state index contributed by atoms with van der Waals surface area (Å²) in [6.45, 7) is 0.829. The molecule has 2 aliphatic rings. The molecule has 2 fully saturated rings. The van der Waals surface area contributed by atoms with Crippen molar-refractivity contribution in [1.29, 1.82) is 5.26 Å². The topological polar surface area (TPSA) is 94.3 Å². The van der Waals surface area contributed by atoms with Gasteiger partial charge in [0.05, 0.1) is 34.8 Å². The van der Waals surface area contributed by atoms with Crippen molar-refractivity contribution < 1.29 is 0 Å². The molecule has 0 spiro atoms. The number of fused-ring (bicyclic) bond motifs is 2. The highest BCUT2D eigenvalue weighted by Crippen LogP contribution is 2.40. The first kappa shape index (κ1) is 21.1. The first-order valence-electron chi connectivity index (χ1n) is 12.5. The maximum absolute atomic E-state index is 14.2. The average molecular weight is 476 g/mol. The third-order valence-corrected chi connectivity index (χ3v) is 7.31. The first-order chi connectivity index (χ1) is 17.6. The van der Waals surface area contributed by atoms with E-state index in [1.165, 1.54) is 30.4 Å². The lowest BCUT2D eigenvalue weighted by Crippen LogP contribution is -2.24. The summed E-state index contributed by atoms with van der Waals surface area (Å²) >= 11 is 0. The molecule has 0 N–H and O–H groups in total. The Morgan fingerprint density at radius 3 is 2.67 bits per heavy atom. The van der Waals surface area contributed by atoms with Crippen LogP contribution in [0, 0.1) is 17.2 Å². The van der Waals surface area contributed by atoms with Crippen molar-refractivity contribution >= 4 is 21.9 Å². The summed E-state index contributed by atoms with van der Waals surface area (Å²) in [7, 11) is 1.88. The predicted octanol–water partition coefficient (Wildman–Crippen LogP) is 4.49. The molecule has 8 heteroatoms. The number of aromatic nitrogens is 6. The van der Waals surface area contributed by atoms with Crippen molar-refractivity contribution in [1.82, 2.24) is 29.1 Å². The van der Waals surface area contributed by atoms with Crippen LogP contribution in [0.4, 0.5) is 0 Å². The number of hydrogen-bond donors (Lipinski definition) is 0. The third-order valence-electron chi connectivity index (χ3n) is 7.31. The van der Waals surface area contributed by atoms with Crippen LogP contribution in [0.1, 0.15) is 42.9 Å². The zero-order valence-electron chi connectivity index (χ0n) is 20.1. The van der Waals surface area contributed by atoms with Crippen LogP contribution < -0.4 is 5.56 Å². The lowest BCUT2D eigenvalue weighted by Gasteiger charge is -2.13. The Morgan fingerprint density at radius 2 is 1.94 bits per heavy atom. The summed E-state index contributed by atoms with van der Waals surface area (Å²) in [6.07, 6.45) is 10.7. The van der Waals surface area contributed by atoms with Gasteiger partial charge in [0, 0.05) is 60.3 Å². The summed E-state index contributed by atoms with van der Waals surface area (Å²) in [5.74, 6) is 1.15. The quantitative estimate of drug-likeness (QED) is 0.361. The van der Waals surface area contributed by atoms with Gasteiger partial charge in [-0.05, 0) is 55.9 Å². The van der Waals surface area contributed by atoms with E-state index in [2.05, 4.69) is 21.8 Å². The lowest BCUT2D eigenvalue weighted by atomic mass is 10.1. The zero-order chi connectivity index (χ0) is 24.4. The molecule has 8 nitrogen and oxygen atoms in total. The van der Waals surface area contributed by atoms with E-state index in [0.29, 0.717) is 28.6 Å². The molecule has 5 aromatic rings.